The number of aryl methyl sites for hydroxylation is 2. The van der Waals surface area contributed by atoms with Crippen molar-refractivity contribution in [3.05, 3.63) is 89.0 Å². The topological polar surface area (TPSA) is 26.3 Å². The Morgan fingerprint density at radius 3 is 2.16 bits per heavy atom. The van der Waals surface area contributed by atoms with Crippen LogP contribution in [0.1, 0.15) is 40.1 Å². The van der Waals surface area contributed by atoms with Gasteiger partial charge in [0.1, 0.15) is 18.1 Å². The number of ether oxygens (including phenoxy) is 1. The Hall–Kier alpha value is -2.87. The minimum absolute atomic E-state index is 0.0774. The zero-order valence-corrected chi connectivity index (χ0v) is 14.8. The molecule has 0 radical (unpaired) electrons. The van der Waals surface area contributed by atoms with Gasteiger partial charge < -0.3 is 4.74 Å². The molecule has 0 aliphatic rings. The smallest absolute Gasteiger partial charge is 0.150 e. The highest BCUT2D eigenvalue weighted by molar-refractivity contribution is 5.74. The molecule has 2 heteroatoms. The largest absolute Gasteiger partial charge is 0.486 e. The number of hydrogen-bond acceptors (Lipinski definition) is 2. The van der Waals surface area contributed by atoms with Gasteiger partial charge in [0.25, 0.3) is 0 Å². The second kappa shape index (κ2) is 7.35. The summed E-state index contributed by atoms with van der Waals surface area (Å²) in [5.41, 5.74) is 6.81. The molecule has 1 atom stereocenters. The van der Waals surface area contributed by atoms with E-state index in [1.54, 1.807) is 12.1 Å². The molecule has 3 aromatic rings. The molecule has 0 aliphatic carbocycles. The highest BCUT2D eigenvalue weighted by Gasteiger charge is 2.11. The Morgan fingerprint density at radius 2 is 1.52 bits per heavy atom. The quantitative estimate of drug-likeness (QED) is 0.543. The van der Waals surface area contributed by atoms with E-state index in [0.29, 0.717) is 5.56 Å². The number of benzene rings is 3. The van der Waals surface area contributed by atoms with Crippen molar-refractivity contribution in [2.75, 3.05) is 0 Å². The van der Waals surface area contributed by atoms with Crippen molar-refractivity contribution in [2.24, 2.45) is 0 Å². The second-order valence-electron chi connectivity index (χ2n) is 6.34. The first-order chi connectivity index (χ1) is 12.1. The van der Waals surface area contributed by atoms with Gasteiger partial charge >= 0.3 is 0 Å². The summed E-state index contributed by atoms with van der Waals surface area (Å²) in [6.07, 6.45) is 0.757. The standard InChI is InChI=1S/C23H22O2/c1-16-6-4-7-17(2)23(16)21-9-5-8-20(14-21)18(3)25-22-12-10-19(15-24)11-13-22/h4-15,18H,1-3H3. The molecule has 0 bridgehead atoms. The van der Waals surface area contributed by atoms with Crippen LogP contribution in [0.3, 0.4) is 0 Å². The third-order valence-electron chi connectivity index (χ3n) is 4.45. The van der Waals surface area contributed by atoms with Gasteiger partial charge in [-0.3, -0.25) is 4.79 Å². The van der Waals surface area contributed by atoms with Gasteiger partial charge in [0.05, 0.1) is 0 Å². The first kappa shape index (κ1) is 17.0. The lowest BCUT2D eigenvalue weighted by atomic mass is 9.94. The Bertz CT molecular complexity index is 859. The number of aldehydes is 1. The van der Waals surface area contributed by atoms with Crippen LogP contribution in [0.15, 0.2) is 66.7 Å². The zero-order valence-electron chi connectivity index (χ0n) is 14.8. The van der Waals surface area contributed by atoms with Gasteiger partial charge in [-0.2, -0.15) is 0 Å². The predicted octanol–water partition coefficient (Wildman–Crippen LogP) is 5.92. The van der Waals surface area contributed by atoms with E-state index in [4.69, 9.17) is 4.74 Å². The SMILES string of the molecule is Cc1cccc(C)c1-c1cccc(C(C)Oc2ccc(C=O)cc2)c1. The molecule has 0 aliphatic heterocycles. The first-order valence-corrected chi connectivity index (χ1v) is 8.47. The summed E-state index contributed by atoms with van der Waals surface area (Å²) in [6.45, 7) is 6.32. The minimum Gasteiger partial charge on any atom is -0.486 e. The normalized spacial score (nSPS) is 11.8. The Kier molecular flexibility index (Phi) is 4.99. The first-order valence-electron chi connectivity index (χ1n) is 8.47. The Labute approximate surface area is 149 Å². The summed E-state index contributed by atoms with van der Waals surface area (Å²) < 4.78 is 6.04. The molecule has 126 valence electrons. The van der Waals surface area contributed by atoms with E-state index in [9.17, 15) is 4.79 Å². The van der Waals surface area contributed by atoms with Crippen LogP contribution in [0.2, 0.25) is 0 Å². The molecule has 0 fully saturated rings. The van der Waals surface area contributed by atoms with Gasteiger partial charge in [0.15, 0.2) is 0 Å². The summed E-state index contributed by atoms with van der Waals surface area (Å²) in [6, 6.07) is 22.1. The van der Waals surface area contributed by atoms with E-state index in [0.717, 1.165) is 17.6 Å². The molecule has 2 nitrogen and oxygen atoms in total. The number of rotatable bonds is 5. The lowest BCUT2D eigenvalue weighted by Gasteiger charge is -2.17. The summed E-state index contributed by atoms with van der Waals surface area (Å²) >= 11 is 0. The minimum atomic E-state index is -0.0774. The number of hydrogen-bond donors (Lipinski definition) is 0. The second-order valence-corrected chi connectivity index (χ2v) is 6.34. The van der Waals surface area contributed by atoms with Gasteiger partial charge in [-0.05, 0) is 78.9 Å². The van der Waals surface area contributed by atoms with Crippen LogP contribution in [-0.2, 0) is 0 Å². The third-order valence-corrected chi connectivity index (χ3v) is 4.45. The highest BCUT2D eigenvalue weighted by atomic mass is 16.5. The van der Waals surface area contributed by atoms with Gasteiger partial charge in [0.2, 0.25) is 0 Å². The van der Waals surface area contributed by atoms with Gasteiger partial charge in [-0.15, -0.1) is 0 Å². The fourth-order valence-electron chi connectivity index (χ4n) is 3.11. The van der Waals surface area contributed by atoms with Crippen LogP contribution in [0.5, 0.6) is 5.75 Å². The molecule has 0 heterocycles. The lowest BCUT2D eigenvalue weighted by molar-refractivity contribution is 0.112. The molecular weight excluding hydrogens is 308 g/mol. The maximum Gasteiger partial charge on any atom is 0.150 e. The summed E-state index contributed by atoms with van der Waals surface area (Å²) in [7, 11) is 0. The summed E-state index contributed by atoms with van der Waals surface area (Å²) in [5.74, 6) is 0.760. The van der Waals surface area contributed by atoms with Gasteiger partial charge in [-0.25, -0.2) is 0 Å². The van der Waals surface area contributed by atoms with E-state index in [1.165, 1.54) is 22.3 Å². The van der Waals surface area contributed by atoms with Crippen LogP contribution >= 0.6 is 0 Å². The van der Waals surface area contributed by atoms with Crippen molar-refractivity contribution in [2.45, 2.75) is 26.9 Å². The molecule has 0 spiro atoms. The summed E-state index contributed by atoms with van der Waals surface area (Å²) in [5, 5.41) is 0. The maximum atomic E-state index is 10.7. The predicted molar refractivity (Wildman–Crippen MR) is 102 cm³/mol. The van der Waals surface area contributed by atoms with Crippen LogP contribution in [-0.4, -0.2) is 6.29 Å². The monoisotopic (exact) mass is 330 g/mol. The zero-order chi connectivity index (χ0) is 17.8. The van der Waals surface area contributed by atoms with E-state index in [-0.39, 0.29) is 6.10 Å². The molecule has 0 amide bonds. The van der Waals surface area contributed by atoms with Crippen LogP contribution in [0, 0.1) is 13.8 Å². The van der Waals surface area contributed by atoms with Crippen molar-refractivity contribution in [1.29, 1.82) is 0 Å². The average molecular weight is 330 g/mol. The molecule has 3 rings (SSSR count). The van der Waals surface area contributed by atoms with E-state index >= 15 is 0 Å². The molecule has 0 saturated carbocycles. The van der Waals surface area contributed by atoms with Crippen molar-refractivity contribution in [3.63, 3.8) is 0 Å². The van der Waals surface area contributed by atoms with E-state index in [2.05, 4.69) is 56.3 Å². The van der Waals surface area contributed by atoms with Crippen LogP contribution in [0.4, 0.5) is 0 Å². The van der Waals surface area contributed by atoms with Gasteiger partial charge in [0, 0.05) is 5.56 Å². The molecule has 0 N–H and O–H groups in total. The number of carbonyl (C=O) groups is 1. The summed E-state index contributed by atoms with van der Waals surface area (Å²) in [4.78, 5) is 10.7. The highest BCUT2D eigenvalue weighted by Crippen LogP contribution is 2.30. The van der Waals surface area contributed by atoms with Crippen LogP contribution < -0.4 is 4.74 Å². The fourth-order valence-corrected chi connectivity index (χ4v) is 3.11. The van der Waals surface area contributed by atoms with E-state index < -0.39 is 0 Å². The van der Waals surface area contributed by atoms with Crippen molar-refractivity contribution in [3.8, 4) is 16.9 Å². The third kappa shape index (κ3) is 3.80. The molecular formula is C23H22O2. The van der Waals surface area contributed by atoms with Crippen molar-refractivity contribution < 1.29 is 9.53 Å². The lowest BCUT2D eigenvalue weighted by Crippen LogP contribution is -2.03. The molecule has 1 unspecified atom stereocenters. The number of carbonyl (C=O) groups excluding carboxylic acids is 1. The molecule has 25 heavy (non-hydrogen) atoms. The van der Waals surface area contributed by atoms with Crippen molar-refractivity contribution >= 4 is 6.29 Å². The Balaban J connectivity index is 1.86. The van der Waals surface area contributed by atoms with E-state index in [1.807, 2.05) is 19.1 Å². The molecule has 0 saturated heterocycles. The van der Waals surface area contributed by atoms with Gasteiger partial charge in [-0.1, -0.05) is 36.4 Å². The molecule has 3 aromatic carbocycles. The average Bonchev–Trinajstić information content (AvgIpc) is 2.62. The fraction of sp³-hybridized carbons (Fsp3) is 0.174. The van der Waals surface area contributed by atoms with Crippen molar-refractivity contribution in [1.82, 2.24) is 0 Å². The maximum absolute atomic E-state index is 10.7. The Morgan fingerprint density at radius 1 is 0.880 bits per heavy atom. The van der Waals surface area contributed by atoms with Crippen LogP contribution in [0.25, 0.3) is 11.1 Å². The molecule has 0 aromatic heterocycles.